The monoisotopic (exact) mass is 289 g/mol. The number of amides is 1. The van der Waals surface area contributed by atoms with Crippen molar-refractivity contribution in [3.05, 3.63) is 45.9 Å². The van der Waals surface area contributed by atoms with E-state index in [4.69, 9.17) is 0 Å². The van der Waals surface area contributed by atoms with E-state index in [2.05, 4.69) is 22.5 Å². The first-order chi connectivity index (χ1) is 9.72. The second-order valence-electron chi connectivity index (χ2n) is 4.36. The average Bonchev–Trinajstić information content (AvgIpc) is 2.94. The van der Waals surface area contributed by atoms with Crippen LogP contribution in [0, 0.1) is 0 Å². The summed E-state index contributed by atoms with van der Waals surface area (Å²) in [5.41, 5.74) is 1.69. The Morgan fingerprint density at radius 3 is 2.60 bits per heavy atom. The molecule has 0 saturated heterocycles. The highest BCUT2D eigenvalue weighted by molar-refractivity contribution is 7.11. The Morgan fingerprint density at radius 1 is 1.25 bits per heavy atom. The van der Waals surface area contributed by atoms with E-state index in [0.29, 0.717) is 12.1 Å². The summed E-state index contributed by atoms with van der Waals surface area (Å²) >= 11 is 1.64. The molecule has 0 spiro atoms. The van der Waals surface area contributed by atoms with Gasteiger partial charge in [0.1, 0.15) is 5.01 Å². The molecule has 0 bridgehead atoms. The third-order valence-corrected chi connectivity index (χ3v) is 4.02. The second kappa shape index (κ2) is 7.05. The molecule has 1 aromatic heterocycles. The van der Waals surface area contributed by atoms with Crippen molar-refractivity contribution in [3.63, 3.8) is 0 Å². The standard InChI is InChI=1S/C15H19N3OS/c1-3-13-9-17-14(20-13)10-18-15(19)11-5-7-12(8-6-11)16-4-2/h5-9,16H,3-4,10H2,1-2H3,(H,18,19). The molecule has 0 atom stereocenters. The van der Waals surface area contributed by atoms with Gasteiger partial charge in [0.05, 0.1) is 6.54 Å². The molecule has 106 valence electrons. The van der Waals surface area contributed by atoms with Gasteiger partial charge in [0.2, 0.25) is 0 Å². The lowest BCUT2D eigenvalue weighted by molar-refractivity contribution is 0.0951. The average molecular weight is 289 g/mol. The van der Waals surface area contributed by atoms with Crippen LogP contribution in [0.25, 0.3) is 0 Å². The predicted molar refractivity (Wildman–Crippen MR) is 83.3 cm³/mol. The van der Waals surface area contributed by atoms with Crippen LogP contribution >= 0.6 is 11.3 Å². The molecule has 0 unspecified atom stereocenters. The summed E-state index contributed by atoms with van der Waals surface area (Å²) in [5, 5.41) is 7.04. The van der Waals surface area contributed by atoms with Gasteiger partial charge in [0, 0.05) is 28.9 Å². The number of nitrogens with zero attached hydrogens (tertiary/aromatic N) is 1. The minimum absolute atomic E-state index is 0.0682. The Hall–Kier alpha value is -1.88. The normalized spacial score (nSPS) is 10.3. The zero-order valence-corrected chi connectivity index (χ0v) is 12.6. The van der Waals surface area contributed by atoms with Crippen LogP contribution in [0.5, 0.6) is 0 Å². The Labute approximate surface area is 123 Å². The first-order valence-corrected chi connectivity index (χ1v) is 7.60. The maximum Gasteiger partial charge on any atom is 0.251 e. The molecular formula is C15H19N3OS. The third kappa shape index (κ3) is 3.81. The number of hydrogen-bond donors (Lipinski definition) is 2. The van der Waals surface area contributed by atoms with Crippen molar-refractivity contribution >= 4 is 22.9 Å². The molecule has 20 heavy (non-hydrogen) atoms. The molecular weight excluding hydrogens is 270 g/mol. The number of nitrogens with one attached hydrogen (secondary N) is 2. The molecule has 0 radical (unpaired) electrons. The molecule has 0 aliphatic carbocycles. The van der Waals surface area contributed by atoms with Gasteiger partial charge in [-0.05, 0) is 37.6 Å². The Balaban J connectivity index is 1.90. The van der Waals surface area contributed by atoms with Gasteiger partial charge in [-0.1, -0.05) is 6.92 Å². The zero-order valence-electron chi connectivity index (χ0n) is 11.8. The van der Waals surface area contributed by atoms with Crippen LogP contribution in [-0.2, 0) is 13.0 Å². The quantitative estimate of drug-likeness (QED) is 0.859. The summed E-state index contributed by atoms with van der Waals surface area (Å²) in [6.45, 7) is 5.49. The maximum atomic E-state index is 12.0. The number of hydrogen-bond acceptors (Lipinski definition) is 4. The fourth-order valence-corrected chi connectivity index (χ4v) is 2.60. The number of aryl methyl sites for hydroxylation is 1. The molecule has 2 aromatic rings. The molecule has 0 saturated carbocycles. The van der Waals surface area contributed by atoms with Crippen LogP contribution in [-0.4, -0.2) is 17.4 Å². The van der Waals surface area contributed by atoms with E-state index in [1.165, 1.54) is 4.88 Å². The van der Waals surface area contributed by atoms with Crippen LogP contribution in [0.4, 0.5) is 5.69 Å². The first kappa shape index (κ1) is 14.5. The minimum atomic E-state index is -0.0682. The second-order valence-corrected chi connectivity index (χ2v) is 5.56. The predicted octanol–water partition coefficient (Wildman–Crippen LogP) is 3.07. The highest BCUT2D eigenvalue weighted by atomic mass is 32.1. The molecule has 4 nitrogen and oxygen atoms in total. The van der Waals surface area contributed by atoms with Crippen molar-refractivity contribution in [1.82, 2.24) is 10.3 Å². The molecule has 2 N–H and O–H groups in total. The molecule has 1 heterocycles. The van der Waals surface area contributed by atoms with Crippen molar-refractivity contribution in [2.75, 3.05) is 11.9 Å². The SMILES string of the molecule is CCNc1ccc(C(=O)NCc2ncc(CC)s2)cc1. The number of benzene rings is 1. The van der Waals surface area contributed by atoms with Crippen molar-refractivity contribution in [2.45, 2.75) is 26.8 Å². The van der Waals surface area contributed by atoms with Gasteiger partial charge in [-0.2, -0.15) is 0 Å². The minimum Gasteiger partial charge on any atom is -0.385 e. The first-order valence-electron chi connectivity index (χ1n) is 6.78. The summed E-state index contributed by atoms with van der Waals surface area (Å²) in [5.74, 6) is -0.0682. The fourth-order valence-electron chi connectivity index (χ4n) is 1.79. The molecule has 0 fully saturated rings. The Bertz CT molecular complexity index is 563. The number of thiazole rings is 1. The largest absolute Gasteiger partial charge is 0.385 e. The van der Waals surface area contributed by atoms with Crippen molar-refractivity contribution in [2.24, 2.45) is 0 Å². The summed E-state index contributed by atoms with van der Waals surface area (Å²) in [6.07, 6.45) is 2.86. The van der Waals surface area contributed by atoms with Gasteiger partial charge in [-0.25, -0.2) is 4.98 Å². The van der Waals surface area contributed by atoms with Gasteiger partial charge in [-0.3, -0.25) is 4.79 Å². The Kier molecular flexibility index (Phi) is 5.12. The number of carbonyl (C=O) groups excluding carboxylic acids is 1. The zero-order chi connectivity index (χ0) is 14.4. The molecule has 2 rings (SSSR count). The molecule has 5 heteroatoms. The van der Waals surface area contributed by atoms with Gasteiger partial charge in [0.15, 0.2) is 0 Å². The van der Waals surface area contributed by atoms with Crippen LogP contribution in [0.1, 0.15) is 34.1 Å². The lowest BCUT2D eigenvalue weighted by atomic mass is 10.2. The molecule has 0 aliphatic rings. The van der Waals surface area contributed by atoms with E-state index in [9.17, 15) is 4.79 Å². The third-order valence-electron chi connectivity index (χ3n) is 2.88. The lowest BCUT2D eigenvalue weighted by Crippen LogP contribution is -2.22. The van der Waals surface area contributed by atoms with Crippen molar-refractivity contribution < 1.29 is 4.79 Å². The lowest BCUT2D eigenvalue weighted by Gasteiger charge is -2.05. The van der Waals surface area contributed by atoms with Gasteiger partial charge >= 0.3 is 0 Å². The molecule has 0 aliphatic heterocycles. The number of carbonyl (C=O) groups is 1. The number of aromatic nitrogens is 1. The van der Waals surface area contributed by atoms with Crippen LogP contribution < -0.4 is 10.6 Å². The van der Waals surface area contributed by atoms with Crippen molar-refractivity contribution in [1.29, 1.82) is 0 Å². The summed E-state index contributed by atoms with van der Waals surface area (Å²) in [6, 6.07) is 7.48. The highest BCUT2D eigenvalue weighted by Crippen LogP contribution is 2.13. The van der Waals surface area contributed by atoms with Gasteiger partial charge in [0.25, 0.3) is 5.91 Å². The maximum absolute atomic E-state index is 12.0. The Morgan fingerprint density at radius 2 is 2.00 bits per heavy atom. The molecule has 1 amide bonds. The fraction of sp³-hybridized carbons (Fsp3) is 0.333. The molecule has 1 aromatic carbocycles. The van der Waals surface area contributed by atoms with E-state index in [1.807, 2.05) is 37.4 Å². The number of rotatable bonds is 6. The summed E-state index contributed by atoms with van der Waals surface area (Å²) < 4.78 is 0. The number of anilines is 1. The topological polar surface area (TPSA) is 54.0 Å². The highest BCUT2D eigenvalue weighted by Gasteiger charge is 2.07. The van der Waals surface area contributed by atoms with E-state index >= 15 is 0 Å². The van der Waals surface area contributed by atoms with Gasteiger partial charge in [-0.15, -0.1) is 11.3 Å². The smallest absolute Gasteiger partial charge is 0.251 e. The van der Waals surface area contributed by atoms with Crippen LogP contribution in [0.2, 0.25) is 0 Å². The van der Waals surface area contributed by atoms with E-state index in [1.54, 1.807) is 11.3 Å². The van der Waals surface area contributed by atoms with E-state index < -0.39 is 0 Å². The van der Waals surface area contributed by atoms with Crippen molar-refractivity contribution in [3.8, 4) is 0 Å². The summed E-state index contributed by atoms with van der Waals surface area (Å²) in [4.78, 5) is 17.5. The van der Waals surface area contributed by atoms with E-state index in [-0.39, 0.29) is 5.91 Å². The van der Waals surface area contributed by atoms with E-state index in [0.717, 1.165) is 23.7 Å². The van der Waals surface area contributed by atoms with Gasteiger partial charge < -0.3 is 10.6 Å². The van der Waals surface area contributed by atoms with Crippen LogP contribution in [0.15, 0.2) is 30.5 Å². The summed E-state index contributed by atoms with van der Waals surface area (Å²) in [7, 11) is 0. The van der Waals surface area contributed by atoms with Crippen LogP contribution in [0.3, 0.4) is 0 Å².